The van der Waals surface area contributed by atoms with Crippen LogP contribution in [-0.2, 0) is 6.61 Å². The van der Waals surface area contributed by atoms with Gasteiger partial charge in [0.15, 0.2) is 0 Å². The van der Waals surface area contributed by atoms with Gasteiger partial charge in [-0.1, -0.05) is 77.8 Å². The van der Waals surface area contributed by atoms with Gasteiger partial charge in [0.25, 0.3) is 0 Å². The summed E-state index contributed by atoms with van der Waals surface area (Å²) in [5.74, 6) is 1.81. The lowest BCUT2D eigenvalue weighted by Crippen LogP contribution is -2.29. The van der Waals surface area contributed by atoms with Crippen LogP contribution in [0.1, 0.15) is 46.2 Å². The van der Waals surface area contributed by atoms with Crippen LogP contribution in [0, 0.1) is 12.8 Å². The molecule has 4 aromatic carbocycles. The molecule has 1 heterocycles. The number of ether oxygens (including phenoxy) is 1. The molecule has 4 heteroatoms. The number of halogens is 1. The summed E-state index contributed by atoms with van der Waals surface area (Å²) in [4.78, 5) is 4.75. The molecule has 37 heavy (non-hydrogen) atoms. The Bertz CT molecular complexity index is 1460. The van der Waals surface area contributed by atoms with E-state index in [0.29, 0.717) is 18.4 Å². The maximum absolute atomic E-state index is 6.08. The number of fused-ring (bicyclic) bond motifs is 3. The molecule has 3 atom stereocenters. The molecule has 0 unspecified atom stereocenters. The third-order valence-corrected chi connectivity index (χ3v) is 7.60. The Morgan fingerprint density at radius 2 is 1.78 bits per heavy atom. The van der Waals surface area contributed by atoms with Gasteiger partial charge in [0.1, 0.15) is 12.4 Å². The first-order valence-electron chi connectivity index (χ1n) is 12.8. The van der Waals surface area contributed by atoms with E-state index in [4.69, 9.17) is 21.3 Å². The van der Waals surface area contributed by atoms with Crippen molar-refractivity contribution in [2.75, 3.05) is 5.32 Å². The summed E-state index contributed by atoms with van der Waals surface area (Å²) in [7, 11) is 0. The number of nitrogens with one attached hydrogen (secondary N) is 1. The van der Waals surface area contributed by atoms with E-state index in [0.717, 1.165) is 34.0 Å². The van der Waals surface area contributed by atoms with Crippen LogP contribution in [-0.4, -0.2) is 6.21 Å². The minimum Gasteiger partial charge on any atom is -0.488 e. The Morgan fingerprint density at radius 3 is 2.62 bits per heavy atom. The van der Waals surface area contributed by atoms with Gasteiger partial charge in [0.05, 0.1) is 11.7 Å². The number of allylic oxidation sites excluding steroid dienone is 2. The first-order valence-corrected chi connectivity index (χ1v) is 13.2. The molecule has 0 spiro atoms. The van der Waals surface area contributed by atoms with Crippen molar-refractivity contribution in [3.63, 3.8) is 0 Å². The number of rotatable bonds is 6. The number of para-hydroxylation sites is 1. The number of hydrogen-bond acceptors (Lipinski definition) is 3. The van der Waals surface area contributed by atoms with E-state index in [1.807, 2.05) is 54.7 Å². The number of nitrogens with zero attached hydrogens (tertiary/aromatic N) is 1. The molecular formula is C33H29ClN2O. The minimum atomic E-state index is 0.287. The molecule has 0 amide bonds. The zero-order chi connectivity index (χ0) is 25.2. The Kier molecular flexibility index (Phi) is 6.55. The summed E-state index contributed by atoms with van der Waals surface area (Å²) < 4.78 is 6.08. The third-order valence-electron chi connectivity index (χ3n) is 7.35. The van der Waals surface area contributed by atoms with Gasteiger partial charge in [-0.3, -0.25) is 4.99 Å². The molecular weight excluding hydrogens is 476 g/mol. The van der Waals surface area contributed by atoms with Crippen LogP contribution in [0.3, 0.4) is 0 Å². The summed E-state index contributed by atoms with van der Waals surface area (Å²) in [5, 5.41) is 4.55. The molecule has 1 aliphatic carbocycles. The predicted molar refractivity (Wildman–Crippen MR) is 153 cm³/mol. The molecule has 1 N–H and O–H groups in total. The van der Waals surface area contributed by atoms with Crippen LogP contribution in [0.25, 0.3) is 0 Å². The van der Waals surface area contributed by atoms with E-state index < -0.39 is 0 Å². The molecule has 1 aliphatic heterocycles. The summed E-state index contributed by atoms with van der Waals surface area (Å²) in [6, 6.07) is 31.4. The van der Waals surface area contributed by atoms with Crippen LogP contribution in [0.5, 0.6) is 5.75 Å². The standard InChI is InChI=1S/C33H29ClN2O/c1-22-9-18-31-30(19-22)28-6-4-7-29(28)33(36-31)24-12-16-27(17-13-24)35-20-25-5-2-3-8-32(25)37-21-23-10-14-26(34)15-11-23/h2-6,8-20,28-29,33,36H,7,21H2,1H3/t28-,29+,33+/m1/s1. The van der Waals surface area contributed by atoms with E-state index in [9.17, 15) is 0 Å². The molecule has 184 valence electrons. The SMILES string of the molecule is Cc1ccc2c(c1)[C@@H]1C=CC[C@@H]1[C@H](c1ccc(N=Cc3ccccc3OCc3ccc(Cl)cc3)cc1)N2. The first-order chi connectivity index (χ1) is 18.1. The second-order valence-electron chi connectivity index (χ2n) is 9.87. The van der Waals surface area contributed by atoms with Crippen LogP contribution in [0.2, 0.25) is 5.02 Å². The van der Waals surface area contributed by atoms with Gasteiger partial charge in [-0.15, -0.1) is 0 Å². The number of aryl methyl sites for hydroxylation is 1. The summed E-state index contributed by atoms with van der Waals surface area (Å²) in [6.07, 6.45) is 7.71. The number of benzene rings is 4. The lowest BCUT2D eigenvalue weighted by Gasteiger charge is -2.37. The molecule has 2 aliphatic rings. The average Bonchev–Trinajstić information content (AvgIpc) is 3.43. The van der Waals surface area contributed by atoms with Crippen molar-refractivity contribution < 1.29 is 4.74 Å². The predicted octanol–water partition coefficient (Wildman–Crippen LogP) is 8.80. The molecule has 3 nitrogen and oxygen atoms in total. The van der Waals surface area contributed by atoms with Crippen molar-refractivity contribution >= 4 is 29.2 Å². The van der Waals surface area contributed by atoms with Crippen molar-refractivity contribution in [1.82, 2.24) is 0 Å². The maximum Gasteiger partial charge on any atom is 0.128 e. The van der Waals surface area contributed by atoms with Crippen molar-refractivity contribution in [3.8, 4) is 5.75 Å². The van der Waals surface area contributed by atoms with Crippen LogP contribution in [0.4, 0.5) is 11.4 Å². The Hall–Kier alpha value is -3.82. The van der Waals surface area contributed by atoms with Gasteiger partial charge >= 0.3 is 0 Å². The van der Waals surface area contributed by atoms with Crippen molar-refractivity contribution in [2.45, 2.75) is 31.9 Å². The average molecular weight is 505 g/mol. The molecule has 6 rings (SSSR count). The molecule has 0 aromatic heterocycles. The van der Waals surface area contributed by atoms with E-state index in [2.05, 4.69) is 66.9 Å². The van der Waals surface area contributed by atoms with Gasteiger partial charge in [-0.2, -0.15) is 0 Å². The van der Waals surface area contributed by atoms with Gasteiger partial charge in [0.2, 0.25) is 0 Å². The zero-order valence-electron chi connectivity index (χ0n) is 20.8. The maximum atomic E-state index is 6.08. The highest BCUT2D eigenvalue weighted by atomic mass is 35.5. The summed E-state index contributed by atoms with van der Waals surface area (Å²) >= 11 is 5.99. The highest BCUT2D eigenvalue weighted by Crippen LogP contribution is 2.50. The van der Waals surface area contributed by atoms with E-state index in [1.54, 1.807) is 0 Å². The van der Waals surface area contributed by atoms with Crippen molar-refractivity contribution in [1.29, 1.82) is 0 Å². The fraction of sp³-hybridized carbons (Fsp3) is 0.182. The second kappa shape index (κ2) is 10.3. The summed E-state index contributed by atoms with van der Waals surface area (Å²) in [6.45, 7) is 2.65. The first kappa shape index (κ1) is 23.6. The Morgan fingerprint density at radius 1 is 0.973 bits per heavy atom. The number of anilines is 1. The molecule has 0 fully saturated rings. The van der Waals surface area contributed by atoms with E-state index in [1.165, 1.54) is 22.4 Å². The van der Waals surface area contributed by atoms with Gasteiger partial charge in [0, 0.05) is 28.4 Å². The fourth-order valence-corrected chi connectivity index (χ4v) is 5.54. The van der Waals surface area contributed by atoms with Crippen LogP contribution >= 0.6 is 11.6 Å². The normalized spacial score (nSPS) is 19.9. The largest absolute Gasteiger partial charge is 0.488 e. The lowest BCUT2D eigenvalue weighted by atomic mass is 9.76. The quantitative estimate of drug-likeness (QED) is 0.210. The smallest absolute Gasteiger partial charge is 0.128 e. The van der Waals surface area contributed by atoms with Gasteiger partial charge < -0.3 is 10.1 Å². The number of aliphatic imine (C=N–C) groups is 1. The molecule has 0 radical (unpaired) electrons. The Labute approximate surface area is 223 Å². The second-order valence-corrected chi connectivity index (χ2v) is 10.3. The topological polar surface area (TPSA) is 33.6 Å². The molecule has 0 bridgehead atoms. The molecule has 0 saturated heterocycles. The molecule has 0 saturated carbocycles. The van der Waals surface area contributed by atoms with Gasteiger partial charge in [-0.25, -0.2) is 0 Å². The summed E-state index contributed by atoms with van der Waals surface area (Å²) in [5.41, 5.74) is 8.23. The van der Waals surface area contributed by atoms with E-state index >= 15 is 0 Å². The highest BCUT2D eigenvalue weighted by molar-refractivity contribution is 6.30. The minimum absolute atomic E-state index is 0.287. The highest BCUT2D eigenvalue weighted by Gasteiger charge is 2.37. The van der Waals surface area contributed by atoms with Gasteiger partial charge in [-0.05, 0) is 78.4 Å². The van der Waals surface area contributed by atoms with Crippen molar-refractivity contribution in [3.05, 3.63) is 136 Å². The molecule has 4 aromatic rings. The van der Waals surface area contributed by atoms with Crippen LogP contribution < -0.4 is 10.1 Å². The lowest BCUT2D eigenvalue weighted by molar-refractivity contribution is 0.306. The van der Waals surface area contributed by atoms with E-state index in [-0.39, 0.29) is 6.04 Å². The van der Waals surface area contributed by atoms with Crippen molar-refractivity contribution in [2.24, 2.45) is 10.9 Å². The zero-order valence-corrected chi connectivity index (χ0v) is 21.5. The third kappa shape index (κ3) is 5.05. The monoisotopic (exact) mass is 504 g/mol. The Balaban J connectivity index is 1.17. The van der Waals surface area contributed by atoms with Crippen LogP contribution in [0.15, 0.2) is 108 Å². The fourth-order valence-electron chi connectivity index (χ4n) is 5.42. The number of hydrogen-bond donors (Lipinski definition) is 1.